The van der Waals surface area contributed by atoms with Gasteiger partial charge in [0, 0.05) is 35.0 Å². The standard InChI is InChI=1S/C16H16N4O2S/c21-20(22)13-6-5-12-10-17-19(15(12)9-13)11-18-7-1-3-14(18)16-4-2-8-23-16/h2,4-6,8-10,14H,1,3,7,11H2/t14-/m1/s1. The van der Waals surface area contributed by atoms with Gasteiger partial charge in [-0.1, -0.05) is 6.07 Å². The highest BCUT2D eigenvalue weighted by Crippen LogP contribution is 2.35. The van der Waals surface area contributed by atoms with E-state index < -0.39 is 0 Å². The molecule has 1 fully saturated rings. The normalized spacial score (nSPS) is 18.7. The second-order valence-corrected chi connectivity index (χ2v) is 6.75. The van der Waals surface area contributed by atoms with Gasteiger partial charge >= 0.3 is 0 Å². The molecule has 1 atom stereocenters. The summed E-state index contributed by atoms with van der Waals surface area (Å²) in [4.78, 5) is 14.4. The number of aromatic nitrogens is 2. The number of nitrogens with zero attached hydrogens (tertiary/aromatic N) is 4. The molecule has 7 heteroatoms. The number of hydrogen-bond donors (Lipinski definition) is 0. The van der Waals surface area contributed by atoms with Crippen molar-refractivity contribution in [3.05, 3.63) is 56.9 Å². The first kappa shape index (κ1) is 14.3. The first-order valence-electron chi connectivity index (χ1n) is 7.60. The average molecular weight is 328 g/mol. The van der Waals surface area contributed by atoms with Gasteiger partial charge in [-0.15, -0.1) is 11.3 Å². The lowest BCUT2D eigenvalue weighted by Crippen LogP contribution is -2.26. The molecule has 4 rings (SSSR count). The number of likely N-dealkylation sites (tertiary alicyclic amines) is 1. The summed E-state index contributed by atoms with van der Waals surface area (Å²) in [6.07, 6.45) is 4.09. The van der Waals surface area contributed by atoms with Gasteiger partial charge in [-0.2, -0.15) is 5.10 Å². The van der Waals surface area contributed by atoms with Gasteiger partial charge in [0.25, 0.3) is 5.69 Å². The van der Waals surface area contributed by atoms with Gasteiger partial charge in [0.2, 0.25) is 0 Å². The molecule has 23 heavy (non-hydrogen) atoms. The zero-order valence-electron chi connectivity index (χ0n) is 12.5. The highest BCUT2D eigenvalue weighted by atomic mass is 32.1. The van der Waals surface area contributed by atoms with E-state index in [0.717, 1.165) is 23.9 Å². The van der Waals surface area contributed by atoms with Crippen LogP contribution >= 0.6 is 11.3 Å². The van der Waals surface area contributed by atoms with Crippen LogP contribution in [0.2, 0.25) is 0 Å². The van der Waals surface area contributed by atoms with E-state index in [0.29, 0.717) is 12.7 Å². The molecule has 1 aromatic carbocycles. The van der Waals surface area contributed by atoms with Crippen molar-refractivity contribution in [2.45, 2.75) is 25.6 Å². The molecule has 0 radical (unpaired) electrons. The first-order valence-corrected chi connectivity index (χ1v) is 8.48. The van der Waals surface area contributed by atoms with Gasteiger partial charge in [-0.3, -0.25) is 19.7 Å². The third kappa shape index (κ3) is 2.62. The molecular formula is C16H16N4O2S. The zero-order chi connectivity index (χ0) is 15.8. The van der Waals surface area contributed by atoms with Crippen molar-refractivity contribution in [2.75, 3.05) is 6.54 Å². The molecule has 1 saturated heterocycles. The Balaban J connectivity index is 1.64. The van der Waals surface area contributed by atoms with E-state index in [4.69, 9.17) is 0 Å². The number of hydrogen-bond acceptors (Lipinski definition) is 5. The fourth-order valence-electron chi connectivity index (χ4n) is 3.26. The predicted octanol–water partition coefficient (Wildman–Crippen LogP) is 3.80. The van der Waals surface area contributed by atoms with E-state index in [2.05, 4.69) is 27.5 Å². The minimum atomic E-state index is -0.360. The van der Waals surface area contributed by atoms with Crippen LogP contribution in [0.1, 0.15) is 23.8 Å². The largest absolute Gasteiger partial charge is 0.276 e. The molecule has 0 unspecified atom stereocenters. The Hall–Kier alpha value is -2.25. The maximum Gasteiger partial charge on any atom is 0.271 e. The lowest BCUT2D eigenvalue weighted by molar-refractivity contribution is -0.384. The van der Waals surface area contributed by atoms with Gasteiger partial charge in [-0.25, -0.2) is 0 Å². The van der Waals surface area contributed by atoms with Crippen LogP contribution in [0.15, 0.2) is 41.9 Å². The third-order valence-electron chi connectivity index (χ3n) is 4.39. The molecule has 118 valence electrons. The number of nitro benzene ring substituents is 1. The van der Waals surface area contributed by atoms with Crippen molar-refractivity contribution in [3.8, 4) is 0 Å². The molecule has 2 aromatic heterocycles. The molecule has 1 aliphatic heterocycles. The third-order valence-corrected chi connectivity index (χ3v) is 5.36. The second-order valence-electron chi connectivity index (χ2n) is 5.77. The number of nitro groups is 1. The first-order chi connectivity index (χ1) is 11.2. The summed E-state index contributed by atoms with van der Waals surface area (Å²) >= 11 is 1.79. The van der Waals surface area contributed by atoms with Crippen LogP contribution in [-0.2, 0) is 6.67 Å². The van der Waals surface area contributed by atoms with Crippen LogP contribution in [0, 0.1) is 10.1 Å². The highest BCUT2D eigenvalue weighted by Gasteiger charge is 2.27. The Labute approximate surface area is 137 Å². The fourth-order valence-corrected chi connectivity index (χ4v) is 4.15. The van der Waals surface area contributed by atoms with Crippen molar-refractivity contribution >= 4 is 27.9 Å². The van der Waals surface area contributed by atoms with E-state index in [9.17, 15) is 10.1 Å². The SMILES string of the molecule is O=[N+]([O-])c1ccc2cnn(CN3CCC[C@@H]3c3cccs3)c2c1. The van der Waals surface area contributed by atoms with Crippen LogP contribution in [0.5, 0.6) is 0 Å². The Kier molecular flexibility index (Phi) is 3.59. The topological polar surface area (TPSA) is 64.2 Å². The van der Waals surface area contributed by atoms with Crippen LogP contribution in [0.4, 0.5) is 5.69 Å². The number of benzene rings is 1. The predicted molar refractivity (Wildman–Crippen MR) is 89.4 cm³/mol. The summed E-state index contributed by atoms with van der Waals surface area (Å²) in [5.41, 5.74) is 0.923. The monoisotopic (exact) mass is 328 g/mol. The molecule has 0 saturated carbocycles. The maximum atomic E-state index is 11.0. The summed E-state index contributed by atoms with van der Waals surface area (Å²) in [7, 11) is 0. The van der Waals surface area contributed by atoms with Gasteiger partial charge in [-0.05, 0) is 30.4 Å². The van der Waals surface area contributed by atoms with Crippen molar-refractivity contribution < 1.29 is 4.92 Å². The summed E-state index contributed by atoms with van der Waals surface area (Å²) in [5, 5.41) is 18.5. The second kappa shape index (κ2) is 5.75. The molecule has 6 nitrogen and oxygen atoms in total. The molecular weight excluding hydrogens is 312 g/mol. The molecule has 0 N–H and O–H groups in total. The van der Waals surface area contributed by atoms with Crippen molar-refractivity contribution in [1.29, 1.82) is 0 Å². The number of fused-ring (bicyclic) bond motifs is 1. The van der Waals surface area contributed by atoms with Crippen molar-refractivity contribution in [3.63, 3.8) is 0 Å². The number of non-ortho nitro benzene ring substituents is 1. The Morgan fingerprint density at radius 1 is 1.39 bits per heavy atom. The van der Waals surface area contributed by atoms with Gasteiger partial charge in [0.1, 0.15) is 0 Å². The van der Waals surface area contributed by atoms with E-state index in [-0.39, 0.29) is 10.6 Å². The van der Waals surface area contributed by atoms with Crippen molar-refractivity contribution in [2.24, 2.45) is 0 Å². The Morgan fingerprint density at radius 3 is 3.09 bits per heavy atom. The van der Waals surface area contributed by atoms with E-state index in [1.807, 2.05) is 4.68 Å². The highest BCUT2D eigenvalue weighted by molar-refractivity contribution is 7.10. The van der Waals surface area contributed by atoms with Crippen LogP contribution in [-0.4, -0.2) is 26.1 Å². The van der Waals surface area contributed by atoms with Crippen LogP contribution in [0.3, 0.4) is 0 Å². The average Bonchev–Trinajstić information content (AvgIpc) is 3.27. The minimum absolute atomic E-state index is 0.107. The van der Waals surface area contributed by atoms with Crippen LogP contribution < -0.4 is 0 Å². The molecule has 0 aliphatic carbocycles. The molecule has 0 amide bonds. The van der Waals surface area contributed by atoms with Gasteiger partial charge < -0.3 is 0 Å². The van der Waals surface area contributed by atoms with Crippen LogP contribution in [0.25, 0.3) is 10.9 Å². The number of rotatable bonds is 4. The fraction of sp³-hybridized carbons (Fsp3) is 0.312. The van der Waals surface area contributed by atoms with Crippen molar-refractivity contribution in [1.82, 2.24) is 14.7 Å². The van der Waals surface area contributed by atoms with E-state index in [1.54, 1.807) is 29.7 Å². The lowest BCUT2D eigenvalue weighted by Gasteiger charge is -2.23. The maximum absolute atomic E-state index is 11.0. The summed E-state index contributed by atoms with van der Waals surface area (Å²) in [6.45, 7) is 1.69. The molecule has 0 bridgehead atoms. The minimum Gasteiger partial charge on any atom is -0.276 e. The lowest BCUT2D eigenvalue weighted by atomic mass is 10.2. The zero-order valence-corrected chi connectivity index (χ0v) is 13.3. The summed E-state index contributed by atoms with van der Waals surface area (Å²) in [6, 6.07) is 9.59. The molecule has 3 aromatic rings. The summed E-state index contributed by atoms with van der Waals surface area (Å²) in [5.74, 6) is 0. The van der Waals surface area contributed by atoms with E-state index >= 15 is 0 Å². The number of thiophene rings is 1. The molecule has 1 aliphatic rings. The summed E-state index contributed by atoms with van der Waals surface area (Å²) < 4.78 is 1.87. The van der Waals surface area contributed by atoms with Gasteiger partial charge in [0.15, 0.2) is 0 Å². The Morgan fingerprint density at radius 2 is 2.30 bits per heavy atom. The van der Waals surface area contributed by atoms with Gasteiger partial charge in [0.05, 0.1) is 23.3 Å². The molecule has 3 heterocycles. The Bertz CT molecular complexity index is 843. The quantitative estimate of drug-likeness (QED) is 0.540. The van der Waals surface area contributed by atoms with E-state index in [1.165, 1.54) is 17.4 Å². The smallest absolute Gasteiger partial charge is 0.271 e. The molecule has 0 spiro atoms.